The predicted octanol–water partition coefficient (Wildman–Crippen LogP) is 1.90. The van der Waals surface area contributed by atoms with Gasteiger partial charge in [0.1, 0.15) is 0 Å². The highest BCUT2D eigenvalue weighted by Crippen LogP contribution is 2.49. The number of halogens is 1. The van der Waals surface area contributed by atoms with Gasteiger partial charge in [-0.3, -0.25) is 14.5 Å². The lowest BCUT2D eigenvalue weighted by atomic mass is 9.81. The molecule has 0 bridgehead atoms. The molecule has 2 N–H and O–H groups in total. The fourth-order valence-electron chi connectivity index (χ4n) is 4.83. The maximum absolute atomic E-state index is 12.4. The first-order chi connectivity index (χ1) is 10.6. The number of likely N-dealkylation sites (tertiary alicyclic amines) is 1. The van der Waals surface area contributed by atoms with Gasteiger partial charge in [-0.1, -0.05) is 6.42 Å². The van der Waals surface area contributed by atoms with Crippen LogP contribution in [-0.2, 0) is 9.59 Å². The minimum atomic E-state index is -0.660. The third-order valence-electron chi connectivity index (χ3n) is 6.32. The molecule has 5 nitrogen and oxygen atoms in total. The van der Waals surface area contributed by atoms with E-state index in [-0.39, 0.29) is 24.2 Å². The van der Waals surface area contributed by atoms with E-state index in [1.165, 1.54) is 25.7 Å². The maximum Gasteiger partial charge on any atom is 0.311 e. The summed E-state index contributed by atoms with van der Waals surface area (Å²) < 4.78 is 0. The van der Waals surface area contributed by atoms with E-state index in [1.807, 2.05) is 0 Å². The number of carboxylic acid groups (broad SMARTS) is 1. The van der Waals surface area contributed by atoms with Crippen molar-refractivity contribution in [1.29, 1.82) is 0 Å². The second-order valence-electron chi connectivity index (χ2n) is 7.99. The van der Waals surface area contributed by atoms with Crippen LogP contribution in [0.25, 0.3) is 0 Å². The molecule has 1 aliphatic heterocycles. The van der Waals surface area contributed by atoms with Crippen LogP contribution < -0.4 is 5.32 Å². The summed E-state index contributed by atoms with van der Waals surface area (Å²) in [5, 5.41) is 12.9. The fraction of sp³-hybridized carbons (Fsp3) is 0.882. The Bertz CT molecular complexity index is 480. The number of carbonyl (C=O) groups excluding carboxylic acids is 1. The molecule has 0 aromatic rings. The highest BCUT2D eigenvalue weighted by molar-refractivity contribution is 5.85. The molecule has 4 rings (SSSR count). The van der Waals surface area contributed by atoms with Gasteiger partial charge in [-0.15, -0.1) is 12.4 Å². The van der Waals surface area contributed by atoms with Gasteiger partial charge in [-0.25, -0.2) is 0 Å². The van der Waals surface area contributed by atoms with Crippen molar-refractivity contribution in [3.63, 3.8) is 0 Å². The minimum absolute atomic E-state index is 0. The zero-order chi connectivity index (χ0) is 15.3. The largest absolute Gasteiger partial charge is 0.481 e. The van der Waals surface area contributed by atoms with Crippen LogP contribution in [0.1, 0.15) is 44.9 Å². The molecule has 2 atom stereocenters. The quantitative estimate of drug-likeness (QED) is 0.773. The Kier molecular flexibility index (Phi) is 4.62. The number of rotatable bonds is 6. The molecule has 0 unspecified atom stereocenters. The van der Waals surface area contributed by atoms with E-state index in [0.29, 0.717) is 31.0 Å². The maximum atomic E-state index is 12.4. The summed E-state index contributed by atoms with van der Waals surface area (Å²) in [6, 6.07) is 0.392. The summed E-state index contributed by atoms with van der Waals surface area (Å²) in [4.78, 5) is 26.1. The molecule has 1 saturated heterocycles. The van der Waals surface area contributed by atoms with Crippen LogP contribution >= 0.6 is 12.4 Å². The van der Waals surface area contributed by atoms with E-state index in [0.717, 1.165) is 25.8 Å². The summed E-state index contributed by atoms with van der Waals surface area (Å²) in [5.41, 5.74) is -0.577. The monoisotopic (exact) mass is 342 g/mol. The van der Waals surface area contributed by atoms with E-state index in [9.17, 15) is 14.7 Å². The molecule has 3 saturated carbocycles. The Morgan fingerprint density at radius 1 is 1.17 bits per heavy atom. The highest BCUT2D eigenvalue weighted by atomic mass is 35.5. The number of nitrogens with zero attached hydrogens (tertiary/aromatic N) is 1. The van der Waals surface area contributed by atoms with Crippen molar-refractivity contribution in [2.75, 3.05) is 19.6 Å². The number of carbonyl (C=O) groups is 2. The number of hydrogen-bond donors (Lipinski definition) is 2. The number of carboxylic acids is 1. The lowest BCUT2D eigenvalue weighted by Crippen LogP contribution is -2.44. The first-order valence-corrected chi connectivity index (χ1v) is 8.83. The molecule has 0 aromatic carbocycles. The molecular formula is C17H27ClN2O3. The Morgan fingerprint density at radius 3 is 2.35 bits per heavy atom. The van der Waals surface area contributed by atoms with E-state index in [2.05, 4.69) is 10.2 Å². The Morgan fingerprint density at radius 2 is 1.83 bits per heavy atom. The van der Waals surface area contributed by atoms with Crippen molar-refractivity contribution in [2.45, 2.75) is 51.0 Å². The van der Waals surface area contributed by atoms with Crippen molar-refractivity contribution in [3.8, 4) is 0 Å². The Labute approximate surface area is 143 Å². The molecule has 4 fully saturated rings. The SMILES string of the molecule is Cl.O=C(CN1C[C@@H]2CCC[C@@]2(C(=O)O)C1)NC(C1CC1)C1CC1. The smallest absolute Gasteiger partial charge is 0.311 e. The molecule has 6 heteroatoms. The zero-order valence-electron chi connectivity index (χ0n) is 13.5. The van der Waals surface area contributed by atoms with E-state index < -0.39 is 11.4 Å². The minimum Gasteiger partial charge on any atom is -0.481 e. The van der Waals surface area contributed by atoms with Crippen molar-refractivity contribution < 1.29 is 14.7 Å². The van der Waals surface area contributed by atoms with Crippen LogP contribution in [0, 0.1) is 23.2 Å². The molecule has 1 amide bonds. The first-order valence-electron chi connectivity index (χ1n) is 8.83. The van der Waals surface area contributed by atoms with Crippen LogP contribution in [0.15, 0.2) is 0 Å². The second kappa shape index (κ2) is 6.25. The topological polar surface area (TPSA) is 69.6 Å². The normalized spacial score (nSPS) is 33.3. The van der Waals surface area contributed by atoms with Gasteiger partial charge in [0, 0.05) is 19.1 Å². The van der Waals surface area contributed by atoms with Crippen molar-refractivity contribution in [3.05, 3.63) is 0 Å². The van der Waals surface area contributed by atoms with Gasteiger partial charge in [0.05, 0.1) is 12.0 Å². The molecular weight excluding hydrogens is 316 g/mol. The summed E-state index contributed by atoms with van der Waals surface area (Å²) in [6.07, 6.45) is 7.83. The van der Waals surface area contributed by atoms with E-state index >= 15 is 0 Å². The number of hydrogen-bond acceptors (Lipinski definition) is 3. The van der Waals surface area contributed by atoms with Crippen LogP contribution in [-0.4, -0.2) is 47.6 Å². The summed E-state index contributed by atoms with van der Waals surface area (Å²) in [6.45, 7) is 1.71. The molecule has 4 aliphatic rings. The lowest BCUT2D eigenvalue weighted by Gasteiger charge is -2.24. The molecule has 1 heterocycles. The molecule has 0 aromatic heterocycles. The summed E-state index contributed by atoms with van der Waals surface area (Å²) >= 11 is 0. The van der Waals surface area contributed by atoms with Crippen molar-refractivity contribution in [2.24, 2.45) is 23.2 Å². The van der Waals surface area contributed by atoms with Gasteiger partial charge in [-0.2, -0.15) is 0 Å². The molecule has 0 spiro atoms. The molecule has 0 radical (unpaired) electrons. The third-order valence-corrected chi connectivity index (χ3v) is 6.32. The van der Waals surface area contributed by atoms with Gasteiger partial charge < -0.3 is 10.4 Å². The zero-order valence-corrected chi connectivity index (χ0v) is 14.3. The standard InChI is InChI=1S/C17H26N2O3.ClH/c20-14(18-15(11-3-4-11)12-5-6-12)9-19-8-13-2-1-7-17(13,10-19)16(21)22;/h11-13,15H,1-10H2,(H,18,20)(H,21,22);1H/t13-,17+;/m0./s1. The summed E-state index contributed by atoms with van der Waals surface area (Å²) in [7, 11) is 0. The molecule has 23 heavy (non-hydrogen) atoms. The predicted molar refractivity (Wildman–Crippen MR) is 88.5 cm³/mol. The number of fused-ring (bicyclic) bond motifs is 1. The summed E-state index contributed by atoms with van der Waals surface area (Å²) in [5.74, 6) is 1.09. The second-order valence-corrected chi connectivity index (χ2v) is 7.99. The van der Waals surface area contributed by atoms with Gasteiger partial charge in [-0.05, 0) is 56.3 Å². The molecule has 130 valence electrons. The Hall–Kier alpha value is -0.810. The van der Waals surface area contributed by atoms with Gasteiger partial charge in [0.25, 0.3) is 0 Å². The van der Waals surface area contributed by atoms with Crippen molar-refractivity contribution in [1.82, 2.24) is 10.2 Å². The number of nitrogens with one attached hydrogen (secondary N) is 1. The average molecular weight is 343 g/mol. The van der Waals surface area contributed by atoms with Crippen LogP contribution in [0.4, 0.5) is 0 Å². The fourth-order valence-corrected chi connectivity index (χ4v) is 4.83. The average Bonchev–Trinajstić information content (AvgIpc) is 3.36. The lowest BCUT2D eigenvalue weighted by molar-refractivity contribution is -0.149. The highest BCUT2D eigenvalue weighted by Gasteiger charge is 2.55. The van der Waals surface area contributed by atoms with Crippen LogP contribution in [0.3, 0.4) is 0 Å². The first kappa shape index (κ1) is 17.0. The van der Waals surface area contributed by atoms with Gasteiger partial charge in [0.2, 0.25) is 5.91 Å². The van der Waals surface area contributed by atoms with Crippen molar-refractivity contribution >= 4 is 24.3 Å². The molecule has 3 aliphatic carbocycles. The van der Waals surface area contributed by atoms with Crippen LogP contribution in [0.2, 0.25) is 0 Å². The van der Waals surface area contributed by atoms with E-state index in [1.54, 1.807) is 0 Å². The van der Waals surface area contributed by atoms with Gasteiger partial charge in [0.15, 0.2) is 0 Å². The van der Waals surface area contributed by atoms with E-state index in [4.69, 9.17) is 0 Å². The number of amides is 1. The Balaban J connectivity index is 0.00000156. The van der Waals surface area contributed by atoms with Gasteiger partial charge >= 0.3 is 5.97 Å². The number of aliphatic carboxylic acids is 1. The third kappa shape index (κ3) is 3.22. The van der Waals surface area contributed by atoms with Crippen LogP contribution in [0.5, 0.6) is 0 Å².